The number of hydrogen-bond acceptors (Lipinski definition) is 5. The van der Waals surface area contributed by atoms with Crippen LogP contribution in [0.15, 0.2) is 66.7 Å². The highest BCUT2D eigenvalue weighted by molar-refractivity contribution is 6.22. The van der Waals surface area contributed by atoms with E-state index in [4.69, 9.17) is 4.74 Å². The predicted octanol–water partition coefficient (Wildman–Crippen LogP) is 4.18. The number of benzene rings is 3. The quantitative estimate of drug-likeness (QED) is 0.416. The molecule has 168 valence electrons. The standard InChI is InChI=1S/C26H24N2O5/c1-2-3-15-22(28-24(30)19-12-6-7-13-20(19)25(28)31)26(32)33-16-23(29)27-21-14-8-10-17-9-4-5-11-18(17)21/h4-14,22H,2-3,15-16H2,1H3,(H,27,29)/t22-/m0/s1. The number of anilines is 1. The van der Waals surface area contributed by atoms with Gasteiger partial charge >= 0.3 is 5.97 Å². The SMILES string of the molecule is CCCC[C@@H](C(=O)OCC(=O)Nc1cccc2ccccc12)N1C(=O)c2ccccc2C1=O. The molecule has 3 aromatic carbocycles. The van der Waals surface area contributed by atoms with Crippen LogP contribution < -0.4 is 5.32 Å². The minimum atomic E-state index is -1.08. The molecule has 0 spiro atoms. The van der Waals surface area contributed by atoms with Crippen LogP contribution in [0.4, 0.5) is 5.69 Å². The average Bonchev–Trinajstić information content (AvgIpc) is 3.09. The van der Waals surface area contributed by atoms with Crippen molar-refractivity contribution in [2.24, 2.45) is 0 Å². The Bertz CT molecular complexity index is 1200. The van der Waals surface area contributed by atoms with E-state index in [0.717, 1.165) is 22.1 Å². The van der Waals surface area contributed by atoms with Crippen molar-refractivity contribution < 1.29 is 23.9 Å². The Hall–Kier alpha value is -4.00. The minimum Gasteiger partial charge on any atom is -0.454 e. The Morgan fingerprint density at radius 2 is 1.55 bits per heavy atom. The van der Waals surface area contributed by atoms with Crippen molar-refractivity contribution in [3.05, 3.63) is 77.9 Å². The Morgan fingerprint density at radius 3 is 2.24 bits per heavy atom. The lowest BCUT2D eigenvalue weighted by atomic mass is 10.1. The topological polar surface area (TPSA) is 92.8 Å². The number of carbonyl (C=O) groups is 4. The summed E-state index contributed by atoms with van der Waals surface area (Å²) in [7, 11) is 0. The molecule has 7 heteroatoms. The van der Waals surface area contributed by atoms with E-state index in [9.17, 15) is 19.2 Å². The van der Waals surface area contributed by atoms with Gasteiger partial charge in [-0.3, -0.25) is 19.3 Å². The Kier molecular flexibility index (Phi) is 6.49. The van der Waals surface area contributed by atoms with Gasteiger partial charge in [-0.05, 0) is 30.0 Å². The van der Waals surface area contributed by atoms with E-state index in [1.54, 1.807) is 30.3 Å². The van der Waals surface area contributed by atoms with Gasteiger partial charge in [0.25, 0.3) is 17.7 Å². The number of nitrogens with zero attached hydrogens (tertiary/aromatic N) is 1. The maximum atomic E-state index is 12.9. The second-order valence-electron chi connectivity index (χ2n) is 7.87. The second-order valence-corrected chi connectivity index (χ2v) is 7.87. The summed E-state index contributed by atoms with van der Waals surface area (Å²) in [5.74, 6) is -2.31. The fourth-order valence-electron chi connectivity index (χ4n) is 3.99. The molecule has 3 aromatic rings. The summed E-state index contributed by atoms with van der Waals surface area (Å²) in [5, 5.41) is 4.60. The largest absolute Gasteiger partial charge is 0.454 e. The van der Waals surface area contributed by atoms with Crippen molar-refractivity contribution in [3.8, 4) is 0 Å². The van der Waals surface area contributed by atoms with Gasteiger partial charge in [-0.15, -0.1) is 0 Å². The lowest BCUT2D eigenvalue weighted by molar-refractivity contribution is -0.151. The monoisotopic (exact) mass is 444 g/mol. The van der Waals surface area contributed by atoms with E-state index >= 15 is 0 Å². The molecule has 0 aromatic heterocycles. The van der Waals surface area contributed by atoms with E-state index in [1.165, 1.54) is 0 Å². The van der Waals surface area contributed by atoms with Crippen molar-refractivity contribution in [2.75, 3.05) is 11.9 Å². The highest BCUT2D eigenvalue weighted by atomic mass is 16.5. The van der Waals surface area contributed by atoms with Crippen LogP contribution >= 0.6 is 0 Å². The molecule has 0 unspecified atom stereocenters. The molecule has 4 rings (SSSR count). The summed E-state index contributed by atoms with van der Waals surface area (Å²) in [5.41, 5.74) is 1.15. The molecule has 0 aliphatic carbocycles. The molecule has 1 atom stereocenters. The van der Waals surface area contributed by atoms with Gasteiger partial charge in [0.2, 0.25) is 0 Å². The van der Waals surface area contributed by atoms with Gasteiger partial charge < -0.3 is 10.1 Å². The van der Waals surface area contributed by atoms with Crippen LogP contribution in [0.5, 0.6) is 0 Å². The number of hydrogen-bond donors (Lipinski definition) is 1. The number of esters is 1. The van der Waals surface area contributed by atoms with E-state index in [0.29, 0.717) is 12.1 Å². The van der Waals surface area contributed by atoms with Gasteiger partial charge in [0, 0.05) is 11.1 Å². The molecule has 1 N–H and O–H groups in total. The van der Waals surface area contributed by atoms with Crippen molar-refractivity contribution in [3.63, 3.8) is 0 Å². The first kappa shape index (κ1) is 22.2. The lowest BCUT2D eigenvalue weighted by Crippen LogP contribution is -2.46. The molecule has 7 nitrogen and oxygen atoms in total. The van der Waals surface area contributed by atoms with Crippen molar-refractivity contribution in [2.45, 2.75) is 32.2 Å². The minimum absolute atomic E-state index is 0.269. The first-order chi connectivity index (χ1) is 16.0. The number of rotatable bonds is 8. The highest BCUT2D eigenvalue weighted by Crippen LogP contribution is 2.27. The maximum absolute atomic E-state index is 12.9. The summed E-state index contributed by atoms with van der Waals surface area (Å²) in [6.45, 7) is 1.43. The maximum Gasteiger partial charge on any atom is 0.329 e. The molecule has 0 bridgehead atoms. The fourth-order valence-corrected chi connectivity index (χ4v) is 3.99. The van der Waals surface area contributed by atoms with E-state index < -0.39 is 36.3 Å². The predicted molar refractivity (Wildman–Crippen MR) is 124 cm³/mol. The molecule has 0 saturated carbocycles. The number of imide groups is 1. The zero-order chi connectivity index (χ0) is 23.4. The van der Waals surface area contributed by atoms with Crippen molar-refractivity contribution >= 4 is 40.2 Å². The van der Waals surface area contributed by atoms with Gasteiger partial charge in [-0.2, -0.15) is 0 Å². The number of unbranched alkanes of at least 4 members (excludes halogenated alkanes) is 1. The summed E-state index contributed by atoms with van der Waals surface area (Å²) >= 11 is 0. The van der Waals surface area contributed by atoms with Gasteiger partial charge in [0.05, 0.1) is 11.1 Å². The molecule has 33 heavy (non-hydrogen) atoms. The molecular formula is C26H24N2O5. The number of ether oxygens (including phenoxy) is 1. The highest BCUT2D eigenvalue weighted by Gasteiger charge is 2.43. The Morgan fingerprint density at radius 1 is 0.909 bits per heavy atom. The zero-order valence-corrected chi connectivity index (χ0v) is 18.2. The Labute approximate surface area is 191 Å². The third-order valence-corrected chi connectivity index (χ3v) is 5.65. The third-order valence-electron chi connectivity index (χ3n) is 5.65. The molecule has 0 radical (unpaired) electrons. The van der Waals surface area contributed by atoms with Crippen LogP contribution in [-0.2, 0) is 14.3 Å². The number of nitrogens with one attached hydrogen (secondary N) is 1. The molecule has 0 saturated heterocycles. The first-order valence-corrected chi connectivity index (χ1v) is 10.9. The van der Waals surface area contributed by atoms with E-state index in [1.807, 2.05) is 43.3 Å². The zero-order valence-electron chi connectivity index (χ0n) is 18.2. The summed E-state index contributed by atoms with van der Waals surface area (Å²) in [4.78, 5) is 52.0. The average molecular weight is 444 g/mol. The van der Waals surface area contributed by atoms with Crippen LogP contribution in [0.1, 0.15) is 46.9 Å². The molecule has 1 heterocycles. The summed E-state index contributed by atoms with van der Waals surface area (Å²) in [6, 6.07) is 18.5. The molecule has 0 fully saturated rings. The lowest BCUT2D eigenvalue weighted by Gasteiger charge is -2.24. The number of carbonyl (C=O) groups excluding carboxylic acids is 4. The van der Waals surface area contributed by atoms with Crippen LogP contribution in [-0.4, -0.2) is 41.2 Å². The van der Waals surface area contributed by atoms with Crippen molar-refractivity contribution in [1.82, 2.24) is 4.90 Å². The van der Waals surface area contributed by atoms with E-state index in [2.05, 4.69) is 5.32 Å². The third kappa shape index (κ3) is 4.48. The first-order valence-electron chi connectivity index (χ1n) is 10.9. The summed E-state index contributed by atoms with van der Waals surface area (Å²) < 4.78 is 5.26. The van der Waals surface area contributed by atoms with Gasteiger partial charge in [0.15, 0.2) is 6.61 Å². The molecule has 1 aliphatic heterocycles. The molecule has 1 aliphatic rings. The van der Waals surface area contributed by atoms with Gasteiger partial charge in [-0.1, -0.05) is 68.3 Å². The molecular weight excluding hydrogens is 420 g/mol. The van der Waals surface area contributed by atoms with Crippen molar-refractivity contribution in [1.29, 1.82) is 0 Å². The Balaban J connectivity index is 1.45. The van der Waals surface area contributed by atoms with Gasteiger partial charge in [0.1, 0.15) is 6.04 Å². The van der Waals surface area contributed by atoms with Crippen LogP contribution in [0.2, 0.25) is 0 Å². The van der Waals surface area contributed by atoms with E-state index in [-0.39, 0.29) is 17.5 Å². The van der Waals surface area contributed by atoms with Crippen LogP contribution in [0, 0.1) is 0 Å². The van der Waals surface area contributed by atoms with Crippen LogP contribution in [0.3, 0.4) is 0 Å². The number of fused-ring (bicyclic) bond motifs is 2. The number of amides is 3. The smallest absolute Gasteiger partial charge is 0.329 e. The normalized spacial score (nSPS) is 13.7. The van der Waals surface area contributed by atoms with Crippen LogP contribution in [0.25, 0.3) is 10.8 Å². The second kappa shape index (κ2) is 9.65. The summed E-state index contributed by atoms with van der Waals surface area (Å²) in [6.07, 6.45) is 1.66. The van der Waals surface area contributed by atoms with Gasteiger partial charge in [-0.25, -0.2) is 4.79 Å². The fraction of sp³-hybridized carbons (Fsp3) is 0.231. The molecule has 3 amide bonds.